The van der Waals surface area contributed by atoms with Crippen LogP contribution in [0.4, 0.5) is 0 Å². The van der Waals surface area contributed by atoms with Crippen LogP contribution in [-0.4, -0.2) is 10.5 Å². The molecule has 1 amide bonds. The molecule has 0 atom stereocenters. The van der Waals surface area contributed by atoms with Crippen molar-refractivity contribution in [3.63, 3.8) is 0 Å². The Balaban J connectivity index is 2.20. The molecule has 3 aromatic rings. The molecule has 0 aliphatic heterocycles. The van der Waals surface area contributed by atoms with E-state index in [0.29, 0.717) is 11.6 Å². The molecule has 4 nitrogen and oxygen atoms in total. The molecule has 0 unspecified atom stereocenters. The summed E-state index contributed by atoms with van der Waals surface area (Å²) in [6.07, 6.45) is 1.75. The SMILES string of the molecule is NC(=O)c1cccn1-c1cc2ccccc2o1. The van der Waals surface area contributed by atoms with Gasteiger partial charge >= 0.3 is 0 Å². The van der Waals surface area contributed by atoms with Gasteiger partial charge < -0.3 is 10.2 Å². The van der Waals surface area contributed by atoms with Crippen LogP contribution < -0.4 is 5.73 Å². The summed E-state index contributed by atoms with van der Waals surface area (Å²) in [5.74, 6) is 0.112. The number of furan rings is 1. The second-order valence-corrected chi connectivity index (χ2v) is 3.75. The van der Waals surface area contributed by atoms with Gasteiger partial charge in [0.1, 0.15) is 11.3 Å². The highest BCUT2D eigenvalue weighted by Gasteiger charge is 2.11. The summed E-state index contributed by atoms with van der Waals surface area (Å²) in [5.41, 5.74) is 6.48. The molecule has 1 aromatic carbocycles. The third kappa shape index (κ3) is 1.50. The van der Waals surface area contributed by atoms with E-state index in [-0.39, 0.29) is 0 Å². The van der Waals surface area contributed by atoms with Crippen molar-refractivity contribution >= 4 is 16.9 Å². The molecular formula is C13H10N2O2. The van der Waals surface area contributed by atoms with Crippen molar-refractivity contribution in [2.75, 3.05) is 0 Å². The van der Waals surface area contributed by atoms with Crippen LogP contribution in [0.3, 0.4) is 0 Å². The van der Waals surface area contributed by atoms with Gasteiger partial charge in [-0.2, -0.15) is 0 Å². The Morgan fingerprint density at radius 3 is 2.76 bits per heavy atom. The smallest absolute Gasteiger partial charge is 0.265 e. The van der Waals surface area contributed by atoms with Gasteiger partial charge in [-0.25, -0.2) is 0 Å². The van der Waals surface area contributed by atoms with Gasteiger partial charge in [-0.15, -0.1) is 0 Å². The predicted octanol–water partition coefficient (Wildman–Crippen LogP) is 2.32. The molecule has 84 valence electrons. The summed E-state index contributed by atoms with van der Waals surface area (Å²) in [4.78, 5) is 11.2. The van der Waals surface area contributed by atoms with Crippen molar-refractivity contribution in [1.82, 2.24) is 4.57 Å². The number of fused-ring (bicyclic) bond motifs is 1. The lowest BCUT2D eigenvalue weighted by molar-refractivity contribution is 0.0993. The molecule has 0 bridgehead atoms. The van der Waals surface area contributed by atoms with Crippen molar-refractivity contribution in [2.24, 2.45) is 5.73 Å². The number of nitrogens with two attached hydrogens (primary N) is 1. The molecule has 3 rings (SSSR count). The quantitative estimate of drug-likeness (QED) is 0.728. The van der Waals surface area contributed by atoms with Crippen molar-refractivity contribution < 1.29 is 9.21 Å². The molecule has 0 radical (unpaired) electrons. The van der Waals surface area contributed by atoms with Gasteiger partial charge in [0, 0.05) is 17.6 Å². The van der Waals surface area contributed by atoms with E-state index in [0.717, 1.165) is 11.0 Å². The molecule has 2 aromatic heterocycles. The lowest BCUT2D eigenvalue weighted by Crippen LogP contribution is -2.15. The van der Waals surface area contributed by atoms with Crippen LogP contribution in [0.1, 0.15) is 10.5 Å². The number of carbonyl (C=O) groups excluding carboxylic acids is 1. The summed E-state index contributed by atoms with van der Waals surface area (Å²) in [7, 11) is 0. The highest BCUT2D eigenvalue weighted by atomic mass is 16.4. The minimum Gasteiger partial charge on any atom is -0.440 e. The minimum absolute atomic E-state index is 0.407. The van der Waals surface area contributed by atoms with Gasteiger partial charge in [-0.3, -0.25) is 9.36 Å². The fourth-order valence-corrected chi connectivity index (χ4v) is 1.86. The number of primary amides is 1. The third-order valence-electron chi connectivity index (χ3n) is 2.65. The maximum atomic E-state index is 11.2. The fourth-order valence-electron chi connectivity index (χ4n) is 1.86. The molecule has 17 heavy (non-hydrogen) atoms. The van der Waals surface area contributed by atoms with E-state index in [9.17, 15) is 4.79 Å². The molecule has 2 heterocycles. The Bertz CT molecular complexity index is 661. The van der Waals surface area contributed by atoms with E-state index < -0.39 is 5.91 Å². The van der Waals surface area contributed by atoms with Gasteiger partial charge in [-0.05, 0) is 18.2 Å². The van der Waals surface area contributed by atoms with Crippen LogP contribution in [0.2, 0.25) is 0 Å². The van der Waals surface area contributed by atoms with Gasteiger partial charge in [0.05, 0.1) is 0 Å². The number of amides is 1. The lowest BCUT2D eigenvalue weighted by atomic mass is 10.3. The number of nitrogens with zero attached hydrogens (tertiary/aromatic N) is 1. The highest BCUT2D eigenvalue weighted by Crippen LogP contribution is 2.23. The second-order valence-electron chi connectivity index (χ2n) is 3.75. The maximum Gasteiger partial charge on any atom is 0.265 e. The normalized spacial score (nSPS) is 10.8. The second kappa shape index (κ2) is 3.52. The van der Waals surface area contributed by atoms with Crippen LogP contribution >= 0.6 is 0 Å². The monoisotopic (exact) mass is 226 g/mol. The molecule has 4 heteroatoms. The Labute approximate surface area is 97.2 Å². The molecule has 0 saturated carbocycles. The number of rotatable bonds is 2. The highest BCUT2D eigenvalue weighted by molar-refractivity contribution is 5.92. The first-order chi connectivity index (χ1) is 8.25. The van der Waals surface area contributed by atoms with E-state index in [2.05, 4.69) is 0 Å². The molecule has 0 aliphatic carbocycles. The Morgan fingerprint density at radius 1 is 1.18 bits per heavy atom. The Hall–Kier alpha value is -2.49. The number of carbonyl (C=O) groups is 1. The summed E-state index contributed by atoms with van der Waals surface area (Å²) in [5, 5.41) is 0.992. The zero-order valence-electron chi connectivity index (χ0n) is 8.96. The molecule has 2 N–H and O–H groups in total. The van der Waals surface area contributed by atoms with Gasteiger partial charge in [-0.1, -0.05) is 18.2 Å². The Kier molecular flexibility index (Phi) is 2.01. The van der Waals surface area contributed by atoms with E-state index in [1.807, 2.05) is 30.3 Å². The molecular weight excluding hydrogens is 216 g/mol. The van der Waals surface area contributed by atoms with E-state index >= 15 is 0 Å². The van der Waals surface area contributed by atoms with Crippen LogP contribution in [-0.2, 0) is 0 Å². The van der Waals surface area contributed by atoms with Gasteiger partial charge in [0.2, 0.25) is 5.88 Å². The fraction of sp³-hybridized carbons (Fsp3) is 0. The largest absolute Gasteiger partial charge is 0.440 e. The first kappa shape index (κ1) is 9.72. The Morgan fingerprint density at radius 2 is 2.00 bits per heavy atom. The van der Waals surface area contributed by atoms with Crippen LogP contribution in [0, 0.1) is 0 Å². The number of aromatic nitrogens is 1. The first-order valence-corrected chi connectivity index (χ1v) is 5.22. The molecule has 0 spiro atoms. The predicted molar refractivity (Wildman–Crippen MR) is 64.1 cm³/mol. The van der Waals surface area contributed by atoms with E-state index in [1.54, 1.807) is 22.9 Å². The van der Waals surface area contributed by atoms with Crippen molar-refractivity contribution in [3.05, 3.63) is 54.4 Å². The van der Waals surface area contributed by atoms with Crippen LogP contribution in [0.15, 0.2) is 53.1 Å². The lowest BCUT2D eigenvalue weighted by Gasteiger charge is -2.01. The van der Waals surface area contributed by atoms with Crippen LogP contribution in [0.5, 0.6) is 0 Å². The number of para-hydroxylation sites is 1. The molecule has 0 fully saturated rings. The standard InChI is InChI=1S/C13H10N2O2/c14-13(16)10-5-3-7-15(10)12-8-9-4-1-2-6-11(9)17-12/h1-8H,(H2,14,16). The maximum absolute atomic E-state index is 11.2. The van der Waals surface area contributed by atoms with Crippen molar-refractivity contribution in [1.29, 1.82) is 0 Å². The zero-order valence-corrected chi connectivity index (χ0v) is 8.96. The summed E-state index contributed by atoms with van der Waals surface area (Å²) < 4.78 is 7.30. The van der Waals surface area contributed by atoms with Gasteiger partial charge in [0.25, 0.3) is 5.91 Å². The first-order valence-electron chi connectivity index (χ1n) is 5.22. The van der Waals surface area contributed by atoms with Gasteiger partial charge in [0.15, 0.2) is 0 Å². The van der Waals surface area contributed by atoms with E-state index in [1.165, 1.54) is 0 Å². The average molecular weight is 226 g/mol. The third-order valence-corrected chi connectivity index (χ3v) is 2.65. The summed E-state index contributed by atoms with van der Waals surface area (Å²) >= 11 is 0. The number of hydrogen-bond acceptors (Lipinski definition) is 2. The molecule has 0 aliphatic rings. The average Bonchev–Trinajstić information content (AvgIpc) is 2.95. The van der Waals surface area contributed by atoms with Crippen molar-refractivity contribution in [3.8, 4) is 5.88 Å². The number of hydrogen-bond donors (Lipinski definition) is 1. The topological polar surface area (TPSA) is 61.2 Å². The van der Waals surface area contributed by atoms with E-state index in [4.69, 9.17) is 10.2 Å². The zero-order chi connectivity index (χ0) is 11.8. The van der Waals surface area contributed by atoms with Crippen LogP contribution in [0.25, 0.3) is 16.9 Å². The summed E-state index contributed by atoms with van der Waals surface area (Å²) in [6, 6.07) is 13.0. The molecule has 0 saturated heterocycles. The summed E-state index contributed by atoms with van der Waals surface area (Å²) in [6.45, 7) is 0. The van der Waals surface area contributed by atoms with Crippen molar-refractivity contribution in [2.45, 2.75) is 0 Å². The number of benzene rings is 1. The minimum atomic E-state index is -0.476.